The highest BCUT2D eigenvalue weighted by molar-refractivity contribution is 5.73. The van der Waals surface area contributed by atoms with Crippen molar-refractivity contribution < 1.29 is 13.5 Å². The van der Waals surface area contributed by atoms with Crippen LogP contribution in [0, 0.1) is 11.6 Å². The fourth-order valence-corrected chi connectivity index (χ4v) is 4.45. The summed E-state index contributed by atoms with van der Waals surface area (Å²) < 4.78 is 35.1. The lowest BCUT2D eigenvalue weighted by molar-refractivity contribution is 0.287. The molecule has 1 saturated heterocycles. The highest BCUT2D eigenvalue weighted by Crippen LogP contribution is 2.39. The topological polar surface area (TPSA) is 88.1 Å². The summed E-state index contributed by atoms with van der Waals surface area (Å²) in [5.41, 5.74) is 1.84. The van der Waals surface area contributed by atoms with E-state index in [0.717, 1.165) is 37.8 Å². The van der Waals surface area contributed by atoms with Gasteiger partial charge in [-0.1, -0.05) is 0 Å². The standard InChI is InChI=1S/C24H27F2N7O/c1-14(2)33-7-8-34-23-17(25)9-16(10-20(23)33)22-18(26)11-30-24(32-22)31-21-13-28-19(12-29-21)15-3-5-27-6-4-15/h9-15,27H,3-8H2,1-2H3,(H,29,30,31,32). The summed E-state index contributed by atoms with van der Waals surface area (Å²) in [5, 5.41) is 6.31. The molecule has 1 aromatic carbocycles. The quantitative estimate of drug-likeness (QED) is 0.582. The predicted octanol–water partition coefficient (Wildman–Crippen LogP) is 4.03. The molecule has 0 saturated carbocycles. The Morgan fingerprint density at radius 2 is 1.88 bits per heavy atom. The maximum atomic E-state index is 14.9. The van der Waals surface area contributed by atoms with Gasteiger partial charge in [0.2, 0.25) is 5.95 Å². The van der Waals surface area contributed by atoms with Crippen molar-refractivity contribution in [3.63, 3.8) is 0 Å². The second-order valence-corrected chi connectivity index (χ2v) is 8.81. The number of piperidine rings is 1. The second kappa shape index (κ2) is 9.46. The lowest BCUT2D eigenvalue weighted by atomic mass is 9.95. The molecule has 2 aromatic heterocycles. The fraction of sp³-hybridized carbons (Fsp3) is 0.417. The van der Waals surface area contributed by atoms with Gasteiger partial charge in [-0.3, -0.25) is 4.98 Å². The van der Waals surface area contributed by atoms with E-state index in [2.05, 4.69) is 30.6 Å². The van der Waals surface area contributed by atoms with Crippen molar-refractivity contribution in [2.24, 2.45) is 0 Å². The van der Waals surface area contributed by atoms with E-state index < -0.39 is 11.6 Å². The number of fused-ring (bicyclic) bond motifs is 1. The van der Waals surface area contributed by atoms with Crippen molar-refractivity contribution in [3.05, 3.63) is 48.1 Å². The molecule has 0 unspecified atom stereocenters. The molecule has 10 heteroatoms. The first-order valence-electron chi connectivity index (χ1n) is 11.5. The fourth-order valence-electron chi connectivity index (χ4n) is 4.45. The van der Waals surface area contributed by atoms with Crippen LogP contribution in [-0.2, 0) is 0 Å². The Morgan fingerprint density at radius 1 is 1.06 bits per heavy atom. The molecular formula is C24H27F2N7O. The van der Waals surface area contributed by atoms with Crippen molar-refractivity contribution in [1.29, 1.82) is 0 Å². The smallest absolute Gasteiger partial charge is 0.229 e. The zero-order valence-electron chi connectivity index (χ0n) is 19.2. The number of hydrogen-bond donors (Lipinski definition) is 2. The van der Waals surface area contributed by atoms with Gasteiger partial charge in [-0.05, 0) is 51.9 Å². The Labute approximate surface area is 196 Å². The molecule has 4 heterocycles. The third kappa shape index (κ3) is 4.50. The molecule has 0 bridgehead atoms. The molecule has 0 radical (unpaired) electrons. The van der Waals surface area contributed by atoms with Crippen molar-refractivity contribution in [3.8, 4) is 17.0 Å². The van der Waals surface area contributed by atoms with Gasteiger partial charge in [-0.15, -0.1) is 0 Å². The zero-order valence-corrected chi connectivity index (χ0v) is 19.2. The highest BCUT2D eigenvalue weighted by atomic mass is 19.1. The Balaban J connectivity index is 1.41. The average Bonchev–Trinajstić information content (AvgIpc) is 2.86. The van der Waals surface area contributed by atoms with Crippen LogP contribution in [0.25, 0.3) is 11.3 Å². The molecule has 2 aliphatic rings. The molecule has 178 valence electrons. The van der Waals surface area contributed by atoms with Gasteiger partial charge in [0, 0.05) is 17.5 Å². The summed E-state index contributed by atoms with van der Waals surface area (Å²) in [6.07, 6.45) is 6.50. The van der Waals surface area contributed by atoms with Gasteiger partial charge in [0.05, 0.1) is 36.5 Å². The number of rotatable bonds is 5. The Morgan fingerprint density at radius 3 is 2.62 bits per heavy atom. The van der Waals surface area contributed by atoms with E-state index in [1.165, 1.54) is 6.07 Å². The van der Waals surface area contributed by atoms with Crippen molar-refractivity contribution >= 4 is 17.5 Å². The molecule has 0 aliphatic carbocycles. The van der Waals surface area contributed by atoms with Gasteiger partial charge in [0.15, 0.2) is 23.2 Å². The van der Waals surface area contributed by atoms with E-state index in [9.17, 15) is 8.78 Å². The SMILES string of the molecule is CC(C)N1CCOc2c(F)cc(-c3nc(Nc4cnc(C5CCNCC5)cn4)ncc3F)cc21. The van der Waals surface area contributed by atoms with Gasteiger partial charge in [0.1, 0.15) is 12.3 Å². The number of ether oxygens (including phenoxy) is 1. The van der Waals surface area contributed by atoms with E-state index in [1.807, 2.05) is 18.7 Å². The molecule has 5 rings (SSSR count). The predicted molar refractivity (Wildman–Crippen MR) is 126 cm³/mol. The summed E-state index contributed by atoms with van der Waals surface area (Å²) in [6.45, 7) is 7.01. The van der Waals surface area contributed by atoms with Gasteiger partial charge in [0.25, 0.3) is 0 Å². The number of anilines is 3. The summed E-state index contributed by atoms with van der Waals surface area (Å²) >= 11 is 0. The van der Waals surface area contributed by atoms with Crippen LogP contribution in [0.1, 0.15) is 38.3 Å². The molecule has 0 spiro atoms. The number of nitrogens with zero attached hydrogens (tertiary/aromatic N) is 5. The zero-order chi connectivity index (χ0) is 23.7. The summed E-state index contributed by atoms with van der Waals surface area (Å²) in [5.74, 6) is -0.0261. The molecule has 34 heavy (non-hydrogen) atoms. The van der Waals surface area contributed by atoms with Crippen LogP contribution in [0.2, 0.25) is 0 Å². The van der Waals surface area contributed by atoms with Crippen LogP contribution >= 0.6 is 0 Å². The van der Waals surface area contributed by atoms with Gasteiger partial charge >= 0.3 is 0 Å². The van der Waals surface area contributed by atoms with E-state index >= 15 is 0 Å². The monoisotopic (exact) mass is 467 g/mol. The normalized spacial score (nSPS) is 16.3. The van der Waals surface area contributed by atoms with Crippen LogP contribution in [-0.4, -0.2) is 52.2 Å². The van der Waals surface area contributed by atoms with Gasteiger partial charge in [-0.2, -0.15) is 0 Å². The molecule has 0 amide bonds. The van der Waals surface area contributed by atoms with E-state index in [1.54, 1.807) is 18.5 Å². The number of hydrogen-bond acceptors (Lipinski definition) is 8. The number of aromatic nitrogens is 4. The van der Waals surface area contributed by atoms with Crippen LogP contribution in [0.15, 0.2) is 30.7 Å². The van der Waals surface area contributed by atoms with Crippen molar-refractivity contribution in [1.82, 2.24) is 25.3 Å². The van der Waals surface area contributed by atoms with Crippen molar-refractivity contribution in [2.45, 2.75) is 38.6 Å². The van der Waals surface area contributed by atoms with E-state index in [0.29, 0.717) is 36.1 Å². The molecule has 0 atom stereocenters. The summed E-state index contributed by atoms with van der Waals surface area (Å²) in [6, 6.07) is 3.09. The minimum Gasteiger partial charge on any atom is -0.486 e. The molecule has 2 N–H and O–H groups in total. The molecule has 1 fully saturated rings. The minimum atomic E-state index is -0.648. The van der Waals surface area contributed by atoms with Crippen LogP contribution in [0.4, 0.5) is 26.2 Å². The van der Waals surface area contributed by atoms with Crippen molar-refractivity contribution in [2.75, 3.05) is 36.5 Å². The Bertz CT molecular complexity index is 1170. The molecule has 3 aromatic rings. The summed E-state index contributed by atoms with van der Waals surface area (Å²) in [4.78, 5) is 19.3. The second-order valence-electron chi connectivity index (χ2n) is 8.81. The van der Waals surface area contributed by atoms with E-state index in [4.69, 9.17) is 4.74 Å². The Kier molecular flexibility index (Phi) is 6.23. The van der Waals surface area contributed by atoms with Crippen LogP contribution in [0.5, 0.6) is 5.75 Å². The Hall–Kier alpha value is -3.40. The molecular weight excluding hydrogens is 440 g/mol. The lowest BCUT2D eigenvalue weighted by Crippen LogP contribution is -2.38. The van der Waals surface area contributed by atoms with E-state index in [-0.39, 0.29) is 23.4 Å². The molecule has 2 aliphatic heterocycles. The number of benzene rings is 1. The highest BCUT2D eigenvalue weighted by Gasteiger charge is 2.26. The van der Waals surface area contributed by atoms with Gasteiger partial charge < -0.3 is 20.3 Å². The average molecular weight is 468 g/mol. The van der Waals surface area contributed by atoms with Crippen LogP contribution < -0.4 is 20.3 Å². The minimum absolute atomic E-state index is 0.00670. The number of halogens is 2. The largest absolute Gasteiger partial charge is 0.486 e. The number of nitrogens with one attached hydrogen (secondary N) is 2. The molecule has 8 nitrogen and oxygen atoms in total. The third-order valence-corrected chi connectivity index (χ3v) is 6.22. The van der Waals surface area contributed by atoms with Gasteiger partial charge in [-0.25, -0.2) is 23.7 Å². The first-order chi connectivity index (χ1) is 16.5. The third-order valence-electron chi connectivity index (χ3n) is 6.22. The maximum absolute atomic E-state index is 14.9. The lowest BCUT2D eigenvalue weighted by Gasteiger charge is -2.34. The summed E-state index contributed by atoms with van der Waals surface area (Å²) in [7, 11) is 0. The van der Waals surface area contributed by atoms with Crippen LogP contribution in [0.3, 0.4) is 0 Å². The maximum Gasteiger partial charge on any atom is 0.229 e. The first kappa shape index (κ1) is 22.4. The first-order valence-corrected chi connectivity index (χ1v) is 11.5.